The van der Waals surface area contributed by atoms with Crippen LogP contribution >= 0.6 is 0 Å². The van der Waals surface area contributed by atoms with Crippen LogP contribution < -0.4 is 4.90 Å². The topological polar surface area (TPSA) is 102 Å². The Morgan fingerprint density at radius 2 is 1.53 bits per heavy atom. The Bertz CT molecular complexity index is 472. The fourth-order valence-electron chi connectivity index (χ4n) is 1.58. The van der Waals surface area contributed by atoms with Crippen LogP contribution in [0.5, 0.6) is 0 Å². The fourth-order valence-corrected chi connectivity index (χ4v) is 1.58. The van der Waals surface area contributed by atoms with Crippen LogP contribution in [0.2, 0.25) is 0 Å². The highest BCUT2D eigenvalue weighted by Gasteiger charge is 2.10. The highest BCUT2D eigenvalue weighted by atomic mass is 16.4. The Labute approximate surface area is 110 Å². The molecular weight excluding hydrogens is 248 g/mol. The number of carboxylic acid groups (broad SMARTS) is 2. The molecule has 6 heteroatoms. The van der Waals surface area contributed by atoms with Gasteiger partial charge in [-0.05, 0) is 24.3 Å². The number of carboxylic acids is 2. The number of rotatable bonds is 7. The first kappa shape index (κ1) is 14.5. The standard InChI is InChI=1S/C13H14N2O4/c14-9-10-1-3-11(4-2-10)15(7-5-12(16)17)8-6-13(18)19/h1-4H,5-8H2,(H,16,17)(H,18,19). The first-order valence-electron chi connectivity index (χ1n) is 5.71. The summed E-state index contributed by atoms with van der Waals surface area (Å²) in [5.41, 5.74) is 1.21. The molecule has 1 aromatic carbocycles. The summed E-state index contributed by atoms with van der Waals surface area (Å²) in [7, 11) is 0. The van der Waals surface area contributed by atoms with E-state index in [1.165, 1.54) is 0 Å². The minimum Gasteiger partial charge on any atom is -0.481 e. The Morgan fingerprint density at radius 3 is 1.89 bits per heavy atom. The molecule has 1 rings (SSSR count). The average Bonchev–Trinajstić information content (AvgIpc) is 2.38. The number of nitrogens with zero attached hydrogens (tertiary/aromatic N) is 2. The van der Waals surface area contributed by atoms with Crippen molar-refractivity contribution in [1.29, 1.82) is 5.26 Å². The quantitative estimate of drug-likeness (QED) is 0.768. The lowest BCUT2D eigenvalue weighted by atomic mass is 10.2. The third kappa shape index (κ3) is 5.08. The second-order valence-electron chi connectivity index (χ2n) is 3.93. The van der Waals surface area contributed by atoms with Crippen molar-refractivity contribution in [1.82, 2.24) is 0 Å². The molecule has 0 amide bonds. The molecule has 0 unspecified atom stereocenters. The van der Waals surface area contributed by atoms with Crippen LogP contribution in [0.25, 0.3) is 0 Å². The zero-order chi connectivity index (χ0) is 14.3. The lowest BCUT2D eigenvalue weighted by molar-refractivity contribution is -0.137. The number of hydrogen-bond acceptors (Lipinski definition) is 4. The lowest BCUT2D eigenvalue weighted by Crippen LogP contribution is -2.28. The van der Waals surface area contributed by atoms with Crippen LogP contribution in [0.3, 0.4) is 0 Å². The minimum absolute atomic E-state index is 0.0698. The van der Waals surface area contributed by atoms with Crippen molar-refractivity contribution in [2.45, 2.75) is 12.8 Å². The largest absolute Gasteiger partial charge is 0.481 e. The lowest BCUT2D eigenvalue weighted by Gasteiger charge is -2.23. The molecule has 1 aromatic rings. The van der Waals surface area contributed by atoms with E-state index in [9.17, 15) is 9.59 Å². The maximum Gasteiger partial charge on any atom is 0.305 e. The van der Waals surface area contributed by atoms with E-state index in [-0.39, 0.29) is 25.9 Å². The summed E-state index contributed by atoms with van der Waals surface area (Å²) >= 11 is 0. The summed E-state index contributed by atoms with van der Waals surface area (Å²) in [6.45, 7) is 0.461. The Kier molecular flexibility index (Phi) is 5.35. The predicted octanol–water partition coefficient (Wildman–Crippen LogP) is 1.31. The number of anilines is 1. The fraction of sp³-hybridized carbons (Fsp3) is 0.308. The van der Waals surface area contributed by atoms with Crippen molar-refractivity contribution in [3.63, 3.8) is 0 Å². The first-order chi connectivity index (χ1) is 9.02. The normalized spacial score (nSPS) is 9.63. The summed E-state index contributed by atoms with van der Waals surface area (Å²) in [5.74, 6) is -1.87. The van der Waals surface area contributed by atoms with Crippen LogP contribution in [0.4, 0.5) is 5.69 Å². The van der Waals surface area contributed by atoms with E-state index in [1.54, 1.807) is 29.2 Å². The van der Waals surface area contributed by atoms with Gasteiger partial charge < -0.3 is 15.1 Å². The second-order valence-corrected chi connectivity index (χ2v) is 3.93. The molecule has 0 fully saturated rings. The minimum atomic E-state index is -0.936. The number of carbonyl (C=O) groups is 2. The van der Waals surface area contributed by atoms with E-state index in [2.05, 4.69) is 0 Å². The third-order valence-electron chi connectivity index (χ3n) is 2.55. The van der Waals surface area contributed by atoms with Crippen LogP contribution in [0.1, 0.15) is 18.4 Å². The van der Waals surface area contributed by atoms with E-state index in [0.717, 1.165) is 0 Å². The average molecular weight is 262 g/mol. The highest BCUT2D eigenvalue weighted by Crippen LogP contribution is 2.16. The Balaban J connectivity index is 2.77. The number of benzene rings is 1. The molecule has 0 spiro atoms. The SMILES string of the molecule is N#Cc1ccc(N(CCC(=O)O)CCC(=O)O)cc1. The van der Waals surface area contributed by atoms with E-state index < -0.39 is 11.9 Å². The van der Waals surface area contributed by atoms with Gasteiger partial charge in [0, 0.05) is 18.8 Å². The van der Waals surface area contributed by atoms with Gasteiger partial charge in [0.15, 0.2) is 0 Å². The summed E-state index contributed by atoms with van der Waals surface area (Å²) in [6.07, 6.45) is -0.140. The summed E-state index contributed by atoms with van der Waals surface area (Å²) in [4.78, 5) is 22.9. The van der Waals surface area contributed by atoms with Gasteiger partial charge in [-0.2, -0.15) is 5.26 Å². The van der Waals surface area contributed by atoms with Gasteiger partial charge in [-0.25, -0.2) is 0 Å². The molecule has 100 valence electrons. The van der Waals surface area contributed by atoms with Gasteiger partial charge in [-0.15, -0.1) is 0 Å². The molecule has 2 N–H and O–H groups in total. The Morgan fingerprint density at radius 1 is 1.05 bits per heavy atom. The van der Waals surface area contributed by atoms with Gasteiger partial charge in [-0.3, -0.25) is 9.59 Å². The van der Waals surface area contributed by atoms with E-state index in [4.69, 9.17) is 15.5 Å². The van der Waals surface area contributed by atoms with E-state index in [1.807, 2.05) is 6.07 Å². The van der Waals surface area contributed by atoms with Crippen LogP contribution in [0, 0.1) is 11.3 Å². The third-order valence-corrected chi connectivity index (χ3v) is 2.55. The smallest absolute Gasteiger partial charge is 0.305 e. The summed E-state index contributed by atoms with van der Waals surface area (Å²) < 4.78 is 0. The molecule has 0 saturated heterocycles. The Hall–Kier alpha value is -2.55. The molecule has 0 bridgehead atoms. The maximum atomic E-state index is 10.6. The molecule has 0 aliphatic heterocycles. The van der Waals surface area contributed by atoms with Crippen LogP contribution in [-0.4, -0.2) is 35.2 Å². The zero-order valence-corrected chi connectivity index (χ0v) is 10.2. The number of aliphatic carboxylic acids is 2. The summed E-state index contributed by atoms with van der Waals surface area (Å²) in [5, 5.41) is 26.1. The zero-order valence-electron chi connectivity index (χ0n) is 10.2. The van der Waals surface area contributed by atoms with Crippen molar-refractivity contribution in [2.24, 2.45) is 0 Å². The molecule has 0 heterocycles. The van der Waals surface area contributed by atoms with Gasteiger partial charge in [-0.1, -0.05) is 0 Å². The second kappa shape index (κ2) is 7.01. The van der Waals surface area contributed by atoms with Gasteiger partial charge in [0.1, 0.15) is 0 Å². The maximum absolute atomic E-state index is 10.6. The molecule has 19 heavy (non-hydrogen) atoms. The molecular formula is C13H14N2O4. The molecule has 6 nitrogen and oxygen atoms in total. The van der Waals surface area contributed by atoms with Crippen molar-refractivity contribution < 1.29 is 19.8 Å². The summed E-state index contributed by atoms with van der Waals surface area (Å²) in [6, 6.07) is 8.58. The van der Waals surface area contributed by atoms with Gasteiger partial charge in [0.2, 0.25) is 0 Å². The number of hydrogen-bond donors (Lipinski definition) is 2. The predicted molar refractivity (Wildman–Crippen MR) is 67.9 cm³/mol. The first-order valence-corrected chi connectivity index (χ1v) is 5.71. The monoisotopic (exact) mass is 262 g/mol. The number of nitriles is 1. The van der Waals surface area contributed by atoms with E-state index in [0.29, 0.717) is 11.3 Å². The molecule has 0 radical (unpaired) electrons. The van der Waals surface area contributed by atoms with Gasteiger partial charge in [0.25, 0.3) is 0 Å². The molecule has 0 aliphatic carbocycles. The highest BCUT2D eigenvalue weighted by molar-refractivity contribution is 5.69. The van der Waals surface area contributed by atoms with Gasteiger partial charge >= 0.3 is 11.9 Å². The van der Waals surface area contributed by atoms with Crippen LogP contribution in [-0.2, 0) is 9.59 Å². The molecule has 0 aromatic heterocycles. The van der Waals surface area contributed by atoms with Crippen molar-refractivity contribution in [3.05, 3.63) is 29.8 Å². The molecule has 0 aliphatic rings. The van der Waals surface area contributed by atoms with Crippen molar-refractivity contribution in [3.8, 4) is 6.07 Å². The molecule has 0 atom stereocenters. The van der Waals surface area contributed by atoms with Crippen molar-refractivity contribution in [2.75, 3.05) is 18.0 Å². The van der Waals surface area contributed by atoms with E-state index >= 15 is 0 Å². The molecule has 0 saturated carbocycles. The van der Waals surface area contributed by atoms with Crippen molar-refractivity contribution >= 4 is 17.6 Å². The van der Waals surface area contributed by atoms with Crippen LogP contribution in [0.15, 0.2) is 24.3 Å². The van der Waals surface area contributed by atoms with Gasteiger partial charge in [0.05, 0.1) is 24.5 Å².